The van der Waals surface area contributed by atoms with Gasteiger partial charge in [-0.2, -0.15) is 0 Å². The van der Waals surface area contributed by atoms with E-state index in [0.29, 0.717) is 63.1 Å². The lowest BCUT2D eigenvalue weighted by Crippen LogP contribution is -2.32. The molecule has 9 heteroatoms. The summed E-state index contributed by atoms with van der Waals surface area (Å²) in [4.78, 5) is 11.7. The highest BCUT2D eigenvalue weighted by atomic mass is 79.9. The molecule has 0 bridgehead atoms. The second-order valence-electron chi connectivity index (χ2n) is 9.21. The maximum absolute atomic E-state index is 6.36. The number of aromatic nitrogens is 2. The average Bonchev–Trinajstić information content (AvgIpc) is 2.89. The van der Waals surface area contributed by atoms with Gasteiger partial charge in [0, 0.05) is 22.0 Å². The van der Waals surface area contributed by atoms with Crippen molar-refractivity contribution < 1.29 is 14.2 Å². The molecule has 1 aliphatic rings. The molecule has 0 amide bonds. The number of hydrogen-bond donors (Lipinski definition) is 1. The van der Waals surface area contributed by atoms with Crippen LogP contribution in [0.4, 0.5) is 5.82 Å². The van der Waals surface area contributed by atoms with Gasteiger partial charge in [-0.3, -0.25) is 0 Å². The van der Waals surface area contributed by atoms with Crippen molar-refractivity contribution in [3.05, 3.63) is 64.1 Å². The number of benzene rings is 3. The molecule has 2 heterocycles. The van der Waals surface area contributed by atoms with Crippen molar-refractivity contribution >= 4 is 44.3 Å². The van der Waals surface area contributed by atoms with E-state index in [1.807, 2.05) is 42.5 Å². The van der Waals surface area contributed by atoms with Crippen molar-refractivity contribution in [2.45, 2.75) is 12.8 Å². The first-order valence-electron chi connectivity index (χ1n) is 12.1. The van der Waals surface area contributed by atoms with E-state index in [1.165, 1.54) is 0 Å². The molecule has 37 heavy (non-hydrogen) atoms. The molecule has 0 spiro atoms. The van der Waals surface area contributed by atoms with Crippen LogP contribution in [0.3, 0.4) is 0 Å². The summed E-state index contributed by atoms with van der Waals surface area (Å²) in [5, 5.41) is 1.32. The van der Waals surface area contributed by atoms with Gasteiger partial charge in [-0.05, 0) is 97.3 Å². The molecule has 0 radical (unpaired) electrons. The number of nitrogens with zero attached hydrogens (tertiary/aromatic N) is 3. The van der Waals surface area contributed by atoms with E-state index >= 15 is 0 Å². The number of rotatable bonds is 7. The largest absolute Gasteiger partial charge is 0.493 e. The van der Waals surface area contributed by atoms with E-state index in [1.54, 1.807) is 19.2 Å². The van der Waals surface area contributed by atoms with E-state index in [0.717, 1.165) is 36.0 Å². The normalized spacial score (nSPS) is 14.6. The van der Waals surface area contributed by atoms with Crippen LogP contribution in [0.25, 0.3) is 22.3 Å². The fourth-order valence-electron chi connectivity index (χ4n) is 4.38. The highest BCUT2D eigenvalue weighted by Crippen LogP contribution is 2.37. The average molecular weight is 584 g/mol. The van der Waals surface area contributed by atoms with Crippen LogP contribution in [-0.2, 0) is 0 Å². The Bertz CT molecular complexity index is 1430. The summed E-state index contributed by atoms with van der Waals surface area (Å²) >= 11 is 9.67. The van der Waals surface area contributed by atoms with Gasteiger partial charge in [-0.15, -0.1) is 0 Å². The number of methoxy groups -OCH3 is 1. The fourth-order valence-corrected chi connectivity index (χ4v) is 5.02. The molecule has 0 unspecified atom stereocenters. The summed E-state index contributed by atoms with van der Waals surface area (Å²) in [6.07, 6.45) is 2.25. The van der Waals surface area contributed by atoms with E-state index in [-0.39, 0.29) is 0 Å². The highest BCUT2D eigenvalue weighted by molar-refractivity contribution is 9.10. The maximum Gasteiger partial charge on any atom is 0.163 e. The fraction of sp³-hybridized carbons (Fsp3) is 0.286. The van der Waals surface area contributed by atoms with Crippen molar-refractivity contribution in [2.75, 3.05) is 39.6 Å². The van der Waals surface area contributed by atoms with Gasteiger partial charge >= 0.3 is 0 Å². The summed E-state index contributed by atoms with van der Waals surface area (Å²) in [6, 6.07) is 16.6. The van der Waals surface area contributed by atoms with Gasteiger partial charge in [0.15, 0.2) is 17.3 Å². The molecule has 3 aromatic carbocycles. The zero-order valence-corrected chi connectivity index (χ0v) is 23.1. The zero-order valence-electron chi connectivity index (χ0n) is 20.7. The van der Waals surface area contributed by atoms with E-state index in [9.17, 15) is 0 Å². The topological polar surface area (TPSA) is 82.7 Å². The number of anilines is 1. The first-order chi connectivity index (χ1) is 17.9. The lowest BCUT2D eigenvalue weighted by molar-refractivity contribution is 0.157. The minimum Gasteiger partial charge on any atom is -0.493 e. The summed E-state index contributed by atoms with van der Waals surface area (Å²) in [5.41, 5.74) is 7.84. The number of hydrogen-bond acceptors (Lipinski definition) is 7. The van der Waals surface area contributed by atoms with Gasteiger partial charge in [0.25, 0.3) is 0 Å². The van der Waals surface area contributed by atoms with Crippen molar-refractivity contribution in [3.63, 3.8) is 0 Å². The number of halogens is 2. The van der Waals surface area contributed by atoms with E-state index in [4.69, 9.17) is 36.5 Å². The zero-order chi connectivity index (χ0) is 25.9. The Morgan fingerprint density at radius 2 is 1.84 bits per heavy atom. The number of likely N-dealkylation sites (tertiary alicyclic amines) is 1. The van der Waals surface area contributed by atoms with Gasteiger partial charge in [0.05, 0.1) is 23.7 Å². The third-order valence-electron chi connectivity index (χ3n) is 6.54. The predicted octanol–water partition coefficient (Wildman–Crippen LogP) is 6.82. The monoisotopic (exact) mass is 582 g/mol. The van der Waals surface area contributed by atoms with Crippen LogP contribution in [0.2, 0.25) is 5.02 Å². The summed E-state index contributed by atoms with van der Waals surface area (Å²) in [6.45, 7) is 2.83. The van der Waals surface area contributed by atoms with Gasteiger partial charge in [-0.25, -0.2) is 9.97 Å². The number of nitrogen functional groups attached to an aromatic ring is 1. The van der Waals surface area contributed by atoms with Gasteiger partial charge in [0.2, 0.25) is 0 Å². The van der Waals surface area contributed by atoms with Crippen molar-refractivity contribution in [2.24, 2.45) is 5.92 Å². The van der Waals surface area contributed by atoms with Crippen molar-refractivity contribution in [1.29, 1.82) is 0 Å². The van der Waals surface area contributed by atoms with Crippen LogP contribution < -0.4 is 19.9 Å². The molecule has 0 saturated carbocycles. The van der Waals surface area contributed by atoms with Crippen LogP contribution in [0.5, 0.6) is 23.0 Å². The molecule has 4 aromatic rings. The predicted molar refractivity (Wildman–Crippen MR) is 151 cm³/mol. The van der Waals surface area contributed by atoms with Crippen molar-refractivity contribution in [3.8, 4) is 34.4 Å². The lowest BCUT2D eigenvalue weighted by Gasteiger charge is -2.28. The van der Waals surface area contributed by atoms with Crippen LogP contribution >= 0.6 is 27.5 Å². The molecule has 2 N–H and O–H groups in total. The third kappa shape index (κ3) is 5.92. The minimum absolute atomic E-state index is 0.371. The molecular weight excluding hydrogens is 556 g/mol. The number of fused-ring (bicyclic) bond motifs is 1. The quantitative estimate of drug-likeness (QED) is 0.256. The molecule has 0 atom stereocenters. The molecule has 7 nitrogen and oxygen atoms in total. The second kappa shape index (κ2) is 11.1. The molecule has 5 rings (SSSR count). The molecule has 1 fully saturated rings. The van der Waals surface area contributed by atoms with Crippen LogP contribution in [0.1, 0.15) is 12.8 Å². The standard InChI is InChI=1S/C28H28BrClN4O3/c1-34-10-8-17(9-11-34)16-36-26-15-23-21(14-25(26)35-2)27(31)33-28(32-23)18-6-7-24(22(29)12-18)37-20-5-3-4-19(30)13-20/h3-7,12-15,17H,8-11,16H2,1-2H3,(H2,31,32,33). The molecule has 1 aromatic heterocycles. The summed E-state index contributed by atoms with van der Waals surface area (Å²) < 4.78 is 18.5. The summed E-state index contributed by atoms with van der Waals surface area (Å²) in [5.74, 6) is 3.97. The molecule has 192 valence electrons. The highest BCUT2D eigenvalue weighted by Gasteiger charge is 2.19. The third-order valence-corrected chi connectivity index (χ3v) is 7.39. The smallest absolute Gasteiger partial charge is 0.163 e. The molecular formula is C28H28BrClN4O3. The van der Waals surface area contributed by atoms with Crippen LogP contribution in [0.15, 0.2) is 59.1 Å². The number of nitrogens with two attached hydrogens (primary N) is 1. The lowest BCUT2D eigenvalue weighted by atomic mass is 9.98. The molecule has 1 aliphatic heterocycles. The first-order valence-corrected chi connectivity index (χ1v) is 13.3. The maximum atomic E-state index is 6.36. The van der Waals surface area contributed by atoms with Gasteiger partial charge in [-0.1, -0.05) is 17.7 Å². The number of ether oxygens (including phenoxy) is 3. The van der Waals surface area contributed by atoms with Crippen LogP contribution in [-0.4, -0.2) is 48.7 Å². The van der Waals surface area contributed by atoms with E-state index < -0.39 is 0 Å². The van der Waals surface area contributed by atoms with E-state index in [2.05, 4.69) is 32.9 Å². The first kappa shape index (κ1) is 25.6. The molecule has 1 saturated heterocycles. The van der Waals surface area contributed by atoms with Gasteiger partial charge < -0.3 is 24.8 Å². The second-order valence-corrected chi connectivity index (χ2v) is 10.5. The van der Waals surface area contributed by atoms with Crippen LogP contribution in [0, 0.1) is 5.92 Å². The summed E-state index contributed by atoms with van der Waals surface area (Å²) in [7, 11) is 3.78. The van der Waals surface area contributed by atoms with Crippen molar-refractivity contribution in [1.82, 2.24) is 14.9 Å². The minimum atomic E-state index is 0.371. The Hall–Kier alpha value is -3.07. The molecule has 0 aliphatic carbocycles. The Balaban J connectivity index is 1.41. The Morgan fingerprint density at radius 3 is 2.57 bits per heavy atom. The Labute approximate surface area is 229 Å². The SMILES string of the molecule is COc1cc2c(N)nc(-c3ccc(Oc4cccc(Cl)c4)c(Br)c3)nc2cc1OCC1CCN(C)CC1. The Morgan fingerprint density at radius 1 is 1.03 bits per heavy atom. The Kier molecular flexibility index (Phi) is 7.69. The van der Waals surface area contributed by atoms with Gasteiger partial charge in [0.1, 0.15) is 17.3 Å². The number of piperidine rings is 1.